The van der Waals surface area contributed by atoms with Crippen LogP contribution < -0.4 is 14.8 Å². The molecule has 0 unspecified atom stereocenters. The van der Waals surface area contributed by atoms with Gasteiger partial charge in [-0.3, -0.25) is 4.90 Å². The van der Waals surface area contributed by atoms with E-state index in [0.717, 1.165) is 73.7 Å². The number of nitrogens with one attached hydrogen (secondary N) is 1. The smallest absolute Gasteiger partial charge is 0.146 e. The van der Waals surface area contributed by atoms with Crippen LogP contribution in [0.15, 0.2) is 24.3 Å². The zero-order chi connectivity index (χ0) is 21.8. The lowest BCUT2D eigenvalue weighted by Gasteiger charge is -2.25. The van der Waals surface area contributed by atoms with E-state index in [9.17, 15) is 0 Å². The van der Waals surface area contributed by atoms with Crippen molar-refractivity contribution in [1.82, 2.24) is 14.9 Å². The minimum atomic E-state index is 0.558. The summed E-state index contributed by atoms with van der Waals surface area (Å²) in [6, 6.07) is 7.67. The Morgan fingerprint density at radius 3 is 2.66 bits per heavy atom. The van der Waals surface area contributed by atoms with Crippen LogP contribution in [0.25, 0.3) is 10.2 Å². The summed E-state index contributed by atoms with van der Waals surface area (Å²) in [6.45, 7) is 5.43. The van der Waals surface area contributed by atoms with Gasteiger partial charge in [-0.15, -0.1) is 11.3 Å². The maximum atomic E-state index is 5.90. The Kier molecular flexibility index (Phi) is 6.71. The maximum absolute atomic E-state index is 5.90. The average molecular weight is 455 g/mol. The van der Waals surface area contributed by atoms with Crippen LogP contribution >= 0.6 is 11.3 Å². The van der Waals surface area contributed by atoms with Crippen LogP contribution in [0.4, 0.5) is 5.82 Å². The van der Waals surface area contributed by atoms with Gasteiger partial charge < -0.3 is 19.5 Å². The Bertz CT molecular complexity index is 1050. The van der Waals surface area contributed by atoms with Crippen molar-refractivity contribution >= 4 is 27.4 Å². The molecule has 170 valence electrons. The van der Waals surface area contributed by atoms with Gasteiger partial charge in [0.2, 0.25) is 0 Å². The van der Waals surface area contributed by atoms with Gasteiger partial charge >= 0.3 is 0 Å². The van der Waals surface area contributed by atoms with E-state index in [-0.39, 0.29) is 0 Å². The van der Waals surface area contributed by atoms with Gasteiger partial charge in [0, 0.05) is 18.0 Å². The van der Waals surface area contributed by atoms with Gasteiger partial charge in [-0.1, -0.05) is 0 Å². The minimum Gasteiger partial charge on any atom is -0.497 e. The molecule has 8 heteroatoms. The Morgan fingerprint density at radius 2 is 1.84 bits per heavy atom. The number of aryl methyl sites for hydroxylation is 2. The van der Waals surface area contributed by atoms with E-state index in [0.29, 0.717) is 13.2 Å². The lowest BCUT2D eigenvalue weighted by atomic mass is 9.97. The molecule has 1 fully saturated rings. The second-order valence-corrected chi connectivity index (χ2v) is 9.30. The van der Waals surface area contributed by atoms with Crippen molar-refractivity contribution in [3.63, 3.8) is 0 Å². The molecule has 0 spiro atoms. The van der Waals surface area contributed by atoms with Gasteiger partial charge in [0.05, 0.1) is 38.8 Å². The monoisotopic (exact) mass is 454 g/mol. The molecule has 3 aromatic rings. The van der Waals surface area contributed by atoms with Gasteiger partial charge in [-0.25, -0.2) is 9.97 Å². The summed E-state index contributed by atoms with van der Waals surface area (Å²) in [7, 11) is 1.67. The van der Waals surface area contributed by atoms with Crippen molar-refractivity contribution in [2.45, 2.75) is 32.2 Å². The Hall–Kier alpha value is -2.42. The first-order valence-corrected chi connectivity index (χ1v) is 12.2. The van der Waals surface area contributed by atoms with Gasteiger partial charge in [0.25, 0.3) is 0 Å². The predicted octanol–water partition coefficient (Wildman–Crippen LogP) is 3.90. The van der Waals surface area contributed by atoms with Gasteiger partial charge in [0.15, 0.2) is 0 Å². The number of methoxy groups -OCH3 is 1. The molecule has 32 heavy (non-hydrogen) atoms. The van der Waals surface area contributed by atoms with Crippen molar-refractivity contribution in [2.75, 3.05) is 51.9 Å². The molecule has 1 N–H and O–H groups in total. The van der Waals surface area contributed by atoms with E-state index in [4.69, 9.17) is 24.2 Å². The molecule has 1 aliphatic carbocycles. The summed E-state index contributed by atoms with van der Waals surface area (Å²) in [6.07, 6.45) is 4.80. The fourth-order valence-electron chi connectivity index (χ4n) is 4.37. The number of fused-ring (bicyclic) bond motifs is 3. The number of anilines is 1. The maximum Gasteiger partial charge on any atom is 0.146 e. The van der Waals surface area contributed by atoms with Gasteiger partial charge in [-0.2, -0.15) is 0 Å². The third-order valence-corrected chi connectivity index (χ3v) is 7.24. The second-order valence-electron chi connectivity index (χ2n) is 8.22. The molecule has 1 aliphatic heterocycles. The van der Waals surface area contributed by atoms with Crippen LogP contribution in [0.3, 0.4) is 0 Å². The summed E-state index contributed by atoms with van der Waals surface area (Å²) >= 11 is 1.85. The first-order valence-electron chi connectivity index (χ1n) is 11.4. The molecule has 0 amide bonds. The number of aromatic nitrogens is 2. The summed E-state index contributed by atoms with van der Waals surface area (Å²) in [5, 5.41) is 4.78. The first-order chi connectivity index (χ1) is 15.8. The zero-order valence-electron chi connectivity index (χ0n) is 18.6. The van der Waals surface area contributed by atoms with Crippen LogP contribution in [0.5, 0.6) is 11.5 Å². The Morgan fingerprint density at radius 1 is 1.06 bits per heavy atom. The summed E-state index contributed by atoms with van der Waals surface area (Å²) in [4.78, 5) is 14.9. The molecule has 0 atom stereocenters. The standard InChI is InChI=1S/C24H30N4O3S/c1-29-17-6-8-18(9-7-17)31-13-10-25-23-22-19-4-2-3-5-20(19)32-24(22)27-21(26-23)16-28-11-14-30-15-12-28/h6-9H,2-5,10-16H2,1H3,(H,25,26,27). The van der Waals surface area contributed by atoms with Crippen molar-refractivity contribution in [1.29, 1.82) is 0 Å². The Balaban J connectivity index is 1.32. The normalized spacial score (nSPS) is 16.7. The molecule has 1 aromatic carbocycles. The lowest BCUT2D eigenvalue weighted by molar-refractivity contribution is 0.0331. The largest absolute Gasteiger partial charge is 0.497 e. The quantitative estimate of drug-likeness (QED) is 0.518. The van der Waals surface area contributed by atoms with Crippen LogP contribution in [0.1, 0.15) is 29.1 Å². The van der Waals surface area contributed by atoms with E-state index in [1.807, 2.05) is 35.6 Å². The fraction of sp³-hybridized carbons (Fsp3) is 0.500. The lowest BCUT2D eigenvalue weighted by Crippen LogP contribution is -2.36. The Labute approximate surface area is 192 Å². The van der Waals surface area contributed by atoms with Crippen molar-refractivity contribution in [3.05, 3.63) is 40.5 Å². The van der Waals surface area contributed by atoms with E-state index < -0.39 is 0 Å². The number of morpholine rings is 1. The summed E-state index contributed by atoms with van der Waals surface area (Å²) in [5.41, 5.74) is 1.45. The molecular formula is C24H30N4O3S. The average Bonchev–Trinajstić information content (AvgIpc) is 3.21. The van der Waals surface area contributed by atoms with Crippen molar-refractivity contribution in [3.8, 4) is 11.5 Å². The minimum absolute atomic E-state index is 0.558. The summed E-state index contributed by atoms with van der Waals surface area (Å²) in [5.74, 6) is 3.50. The molecule has 0 saturated carbocycles. The third kappa shape index (κ3) is 4.82. The number of nitrogens with zero attached hydrogens (tertiary/aromatic N) is 3. The van der Waals surface area contributed by atoms with Crippen molar-refractivity contribution in [2.24, 2.45) is 0 Å². The number of hydrogen-bond donors (Lipinski definition) is 1. The molecule has 2 aromatic heterocycles. The van der Waals surface area contributed by atoms with E-state index in [2.05, 4.69) is 10.2 Å². The topological polar surface area (TPSA) is 68.7 Å². The molecule has 0 radical (unpaired) electrons. The highest BCUT2D eigenvalue weighted by Gasteiger charge is 2.22. The molecule has 2 aliphatic rings. The number of benzene rings is 1. The van der Waals surface area contributed by atoms with Crippen LogP contribution in [-0.4, -0.2) is 61.4 Å². The molecule has 0 bridgehead atoms. The first kappa shape index (κ1) is 21.4. The predicted molar refractivity (Wildman–Crippen MR) is 127 cm³/mol. The molecule has 7 nitrogen and oxygen atoms in total. The number of ether oxygens (including phenoxy) is 3. The van der Waals surface area contributed by atoms with Crippen LogP contribution in [0.2, 0.25) is 0 Å². The van der Waals surface area contributed by atoms with Gasteiger partial charge in [-0.05, 0) is 55.5 Å². The van der Waals surface area contributed by atoms with Crippen LogP contribution in [-0.2, 0) is 24.1 Å². The fourth-order valence-corrected chi connectivity index (χ4v) is 5.65. The van der Waals surface area contributed by atoms with E-state index in [1.165, 1.54) is 28.7 Å². The SMILES string of the molecule is COc1ccc(OCCNc2nc(CN3CCOCC3)nc3sc4c(c23)CCCC4)cc1. The van der Waals surface area contributed by atoms with Crippen molar-refractivity contribution < 1.29 is 14.2 Å². The highest BCUT2D eigenvalue weighted by molar-refractivity contribution is 7.19. The molecule has 3 heterocycles. The van der Waals surface area contributed by atoms with Gasteiger partial charge in [0.1, 0.15) is 34.6 Å². The molecule has 5 rings (SSSR count). The number of rotatable bonds is 8. The van der Waals surface area contributed by atoms with E-state index >= 15 is 0 Å². The van der Waals surface area contributed by atoms with E-state index in [1.54, 1.807) is 7.11 Å². The highest BCUT2D eigenvalue weighted by atomic mass is 32.1. The highest BCUT2D eigenvalue weighted by Crippen LogP contribution is 2.38. The second kappa shape index (κ2) is 10.0. The number of thiophene rings is 1. The number of hydrogen-bond acceptors (Lipinski definition) is 8. The van der Waals surface area contributed by atoms with Crippen LogP contribution in [0, 0.1) is 0 Å². The third-order valence-electron chi connectivity index (χ3n) is 6.05. The summed E-state index contributed by atoms with van der Waals surface area (Å²) < 4.78 is 16.6. The zero-order valence-corrected chi connectivity index (χ0v) is 19.4. The molecular weight excluding hydrogens is 424 g/mol. The molecule has 1 saturated heterocycles.